The first-order chi connectivity index (χ1) is 20.8. The molecule has 9 heteroatoms. The summed E-state index contributed by atoms with van der Waals surface area (Å²) >= 11 is 0. The van der Waals surface area contributed by atoms with E-state index in [1.165, 1.54) is 26.7 Å². The standard InChI is InChI=1S/C35H57NO8/c1-8-9-10-11-13-16-24(2)21-30-22-25(3)17-14-12-15-18-31(41-28(6)37)32(44-35(36)40)20-19-26(4)23-33(42-29(7)38)27(5)34(39)43-30/h12-14,16,21,25-27,30-33H,8-11,15,17-20,22-23H2,1-7H3,(H2,36,40)/b14-12+,16-13+,24-21+. The Morgan fingerprint density at radius 3 is 2.18 bits per heavy atom. The van der Waals surface area contributed by atoms with Crippen molar-refractivity contribution in [3.05, 3.63) is 36.0 Å². The van der Waals surface area contributed by atoms with E-state index in [1.807, 2.05) is 26.0 Å². The summed E-state index contributed by atoms with van der Waals surface area (Å²) in [5.74, 6) is -1.87. The number of hydrogen-bond donors (Lipinski definition) is 1. The Bertz CT molecular complexity index is 987. The average molecular weight is 620 g/mol. The SMILES string of the molecule is CCCCC/C=C/C(C)=C/C1CC(C)C/C=C/CCC(OC(C)=O)C(OC(N)=O)CCC(C)CC(OC(C)=O)C(C)C(=O)O1. The molecule has 1 heterocycles. The number of rotatable bonds is 9. The first-order valence-electron chi connectivity index (χ1n) is 16.3. The van der Waals surface area contributed by atoms with Gasteiger partial charge in [0.25, 0.3) is 0 Å². The Kier molecular flexibility index (Phi) is 19.1. The van der Waals surface area contributed by atoms with Gasteiger partial charge in [-0.3, -0.25) is 14.4 Å². The highest BCUT2D eigenvalue weighted by Crippen LogP contribution is 2.27. The van der Waals surface area contributed by atoms with E-state index >= 15 is 0 Å². The number of carbonyl (C=O) groups is 4. The van der Waals surface area contributed by atoms with Gasteiger partial charge >= 0.3 is 24.0 Å². The predicted molar refractivity (Wildman–Crippen MR) is 171 cm³/mol. The first-order valence-corrected chi connectivity index (χ1v) is 16.3. The van der Waals surface area contributed by atoms with Gasteiger partial charge in [0.15, 0.2) is 0 Å². The summed E-state index contributed by atoms with van der Waals surface area (Å²) in [4.78, 5) is 49.1. The van der Waals surface area contributed by atoms with Crippen LogP contribution in [0.1, 0.15) is 119 Å². The third-order valence-corrected chi connectivity index (χ3v) is 7.85. The Labute approximate surface area is 265 Å². The number of allylic oxidation sites excluding steroid dienone is 5. The molecular weight excluding hydrogens is 562 g/mol. The van der Waals surface area contributed by atoms with E-state index in [0.717, 1.165) is 24.8 Å². The molecule has 0 bridgehead atoms. The molecule has 9 nitrogen and oxygen atoms in total. The van der Waals surface area contributed by atoms with E-state index in [2.05, 4.69) is 32.1 Å². The quantitative estimate of drug-likeness (QED) is 0.0922. The molecule has 0 saturated heterocycles. The van der Waals surface area contributed by atoms with E-state index in [4.69, 9.17) is 24.7 Å². The molecule has 0 saturated carbocycles. The van der Waals surface area contributed by atoms with Gasteiger partial charge in [0.05, 0.1) is 5.92 Å². The second-order valence-electron chi connectivity index (χ2n) is 12.4. The zero-order valence-electron chi connectivity index (χ0n) is 28.0. The van der Waals surface area contributed by atoms with E-state index in [9.17, 15) is 19.2 Å². The van der Waals surface area contributed by atoms with Crippen molar-refractivity contribution in [2.24, 2.45) is 23.5 Å². The molecule has 0 aromatic rings. The van der Waals surface area contributed by atoms with Crippen molar-refractivity contribution in [3.8, 4) is 0 Å². The van der Waals surface area contributed by atoms with Crippen molar-refractivity contribution >= 4 is 24.0 Å². The number of esters is 3. The van der Waals surface area contributed by atoms with Gasteiger partial charge in [-0.05, 0) is 89.5 Å². The summed E-state index contributed by atoms with van der Waals surface area (Å²) in [6.45, 7) is 12.7. The Morgan fingerprint density at radius 1 is 0.886 bits per heavy atom. The van der Waals surface area contributed by atoms with E-state index < -0.39 is 54.3 Å². The lowest BCUT2D eigenvalue weighted by molar-refractivity contribution is -0.163. The van der Waals surface area contributed by atoms with Crippen LogP contribution < -0.4 is 5.73 Å². The van der Waals surface area contributed by atoms with Crippen molar-refractivity contribution in [2.75, 3.05) is 0 Å². The van der Waals surface area contributed by atoms with Crippen molar-refractivity contribution in [1.29, 1.82) is 0 Å². The third kappa shape index (κ3) is 17.3. The lowest BCUT2D eigenvalue weighted by Crippen LogP contribution is -2.37. The van der Waals surface area contributed by atoms with Gasteiger partial charge in [-0.2, -0.15) is 0 Å². The van der Waals surface area contributed by atoms with Crippen molar-refractivity contribution in [1.82, 2.24) is 0 Å². The van der Waals surface area contributed by atoms with Crippen LogP contribution in [0.15, 0.2) is 36.0 Å². The fourth-order valence-electron chi connectivity index (χ4n) is 5.42. The van der Waals surface area contributed by atoms with Crippen molar-refractivity contribution in [2.45, 2.75) is 144 Å². The molecular formula is C35H57NO8. The molecule has 0 spiro atoms. The number of carbonyl (C=O) groups excluding carboxylic acids is 4. The van der Waals surface area contributed by atoms with Crippen LogP contribution in [0.3, 0.4) is 0 Å². The van der Waals surface area contributed by atoms with Gasteiger partial charge in [-0.25, -0.2) is 4.79 Å². The van der Waals surface area contributed by atoms with E-state index in [0.29, 0.717) is 38.5 Å². The number of cyclic esters (lactones) is 1. The van der Waals surface area contributed by atoms with Gasteiger partial charge in [-0.1, -0.05) is 63.5 Å². The molecule has 250 valence electrons. The number of primary amides is 1. The summed E-state index contributed by atoms with van der Waals surface area (Å²) in [6.07, 6.45) is 15.3. The number of nitrogens with two attached hydrogens (primary N) is 1. The molecule has 7 unspecified atom stereocenters. The van der Waals surface area contributed by atoms with E-state index in [-0.39, 0.29) is 11.8 Å². The molecule has 1 rings (SSSR count). The highest BCUT2D eigenvalue weighted by atomic mass is 16.6. The Morgan fingerprint density at radius 2 is 1.55 bits per heavy atom. The molecule has 0 radical (unpaired) electrons. The zero-order valence-corrected chi connectivity index (χ0v) is 28.0. The normalized spacial score (nSPS) is 29.1. The van der Waals surface area contributed by atoms with Crippen molar-refractivity contribution < 1.29 is 38.1 Å². The molecule has 0 aliphatic carbocycles. The summed E-state index contributed by atoms with van der Waals surface area (Å²) in [7, 11) is 0. The third-order valence-electron chi connectivity index (χ3n) is 7.85. The number of hydrogen-bond acceptors (Lipinski definition) is 8. The molecule has 7 atom stereocenters. The lowest BCUT2D eigenvalue weighted by Gasteiger charge is -2.29. The van der Waals surface area contributed by atoms with Crippen LogP contribution in [0.2, 0.25) is 0 Å². The predicted octanol–water partition coefficient (Wildman–Crippen LogP) is 7.52. The minimum Gasteiger partial charge on any atom is -0.462 e. The number of amides is 1. The van der Waals surface area contributed by atoms with Crippen LogP contribution in [0.5, 0.6) is 0 Å². The average Bonchev–Trinajstić information content (AvgIpc) is 2.92. The molecule has 0 aromatic carbocycles. The number of ether oxygens (including phenoxy) is 4. The summed E-state index contributed by atoms with van der Waals surface area (Å²) in [5, 5.41) is 0. The minimum atomic E-state index is -0.939. The van der Waals surface area contributed by atoms with Crippen LogP contribution in [0.4, 0.5) is 4.79 Å². The zero-order chi connectivity index (χ0) is 33.1. The minimum absolute atomic E-state index is 0.0267. The first kappa shape index (κ1) is 38.9. The van der Waals surface area contributed by atoms with Crippen LogP contribution in [0, 0.1) is 17.8 Å². The second kappa shape index (κ2) is 21.6. The molecule has 44 heavy (non-hydrogen) atoms. The van der Waals surface area contributed by atoms with Crippen LogP contribution in [-0.2, 0) is 33.3 Å². The van der Waals surface area contributed by atoms with Crippen LogP contribution in [0.25, 0.3) is 0 Å². The maximum atomic E-state index is 13.5. The van der Waals surface area contributed by atoms with Gasteiger partial charge in [-0.15, -0.1) is 0 Å². The fraction of sp³-hybridized carbons (Fsp3) is 0.714. The second-order valence-corrected chi connectivity index (χ2v) is 12.4. The molecule has 1 amide bonds. The molecule has 1 aliphatic heterocycles. The topological polar surface area (TPSA) is 131 Å². The molecule has 0 aromatic heterocycles. The lowest BCUT2D eigenvalue weighted by atomic mass is 9.89. The Hall–Kier alpha value is -3.10. The Balaban J connectivity index is 3.31. The highest BCUT2D eigenvalue weighted by Gasteiger charge is 2.33. The largest absolute Gasteiger partial charge is 0.462 e. The summed E-state index contributed by atoms with van der Waals surface area (Å²) < 4.78 is 22.6. The monoisotopic (exact) mass is 619 g/mol. The van der Waals surface area contributed by atoms with Gasteiger partial charge < -0.3 is 24.7 Å². The highest BCUT2D eigenvalue weighted by molar-refractivity contribution is 5.74. The van der Waals surface area contributed by atoms with Gasteiger partial charge in [0.1, 0.15) is 24.4 Å². The maximum absolute atomic E-state index is 13.5. The molecule has 1 aliphatic rings. The maximum Gasteiger partial charge on any atom is 0.404 e. The van der Waals surface area contributed by atoms with Gasteiger partial charge in [0, 0.05) is 13.8 Å². The van der Waals surface area contributed by atoms with Crippen LogP contribution >= 0.6 is 0 Å². The van der Waals surface area contributed by atoms with Gasteiger partial charge in [0.2, 0.25) is 0 Å². The van der Waals surface area contributed by atoms with Crippen molar-refractivity contribution in [3.63, 3.8) is 0 Å². The number of unbranched alkanes of at least 4 members (excludes halogenated alkanes) is 3. The molecule has 2 N–H and O–H groups in total. The smallest absolute Gasteiger partial charge is 0.404 e. The fourth-order valence-corrected chi connectivity index (χ4v) is 5.42. The summed E-state index contributed by atoms with van der Waals surface area (Å²) in [5.41, 5.74) is 6.39. The van der Waals surface area contributed by atoms with Crippen LogP contribution in [-0.4, -0.2) is 48.4 Å². The molecule has 0 fully saturated rings. The summed E-state index contributed by atoms with van der Waals surface area (Å²) in [6, 6.07) is 0. The van der Waals surface area contributed by atoms with E-state index in [1.54, 1.807) is 6.92 Å².